The Morgan fingerprint density at radius 2 is 1.96 bits per heavy atom. The molecule has 1 aliphatic heterocycles. The Hall–Kier alpha value is -3.22. The Labute approximate surface area is 163 Å². The third kappa shape index (κ3) is 2.83. The summed E-state index contributed by atoms with van der Waals surface area (Å²) in [4.78, 5) is 16.1. The molecular formula is C21H23N7. The Bertz CT molecular complexity index is 1140. The minimum Gasteiger partial charge on any atom is -0.356 e. The van der Waals surface area contributed by atoms with Crippen LogP contribution in [0.1, 0.15) is 36.9 Å². The van der Waals surface area contributed by atoms with E-state index in [1.165, 1.54) is 29.4 Å². The van der Waals surface area contributed by atoms with Crippen LogP contribution in [-0.2, 0) is 0 Å². The molecule has 1 saturated heterocycles. The van der Waals surface area contributed by atoms with E-state index < -0.39 is 0 Å². The second-order valence-corrected chi connectivity index (χ2v) is 7.41. The normalized spacial score (nSPS) is 15.4. The number of rotatable bonds is 4. The van der Waals surface area contributed by atoms with Gasteiger partial charge in [-0.05, 0) is 38.3 Å². The third-order valence-electron chi connectivity index (χ3n) is 5.47. The van der Waals surface area contributed by atoms with Gasteiger partial charge in [0.15, 0.2) is 5.65 Å². The monoisotopic (exact) mass is 373 g/mol. The summed E-state index contributed by atoms with van der Waals surface area (Å²) in [5.41, 5.74) is 4.24. The predicted molar refractivity (Wildman–Crippen MR) is 111 cm³/mol. The molecule has 4 aromatic rings. The molecule has 1 N–H and O–H groups in total. The van der Waals surface area contributed by atoms with Crippen LogP contribution < -0.4 is 10.2 Å². The van der Waals surface area contributed by atoms with Gasteiger partial charge in [0.2, 0.25) is 5.95 Å². The van der Waals surface area contributed by atoms with Crippen molar-refractivity contribution in [1.82, 2.24) is 24.6 Å². The van der Waals surface area contributed by atoms with Crippen molar-refractivity contribution in [3.63, 3.8) is 0 Å². The van der Waals surface area contributed by atoms with E-state index in [0.29, 0.717) is 5.95 Å². The highest BCUT2D eigenvalue weighted by Gasteiger charge is 2.22. The first-order chi connectivity index (χ1) is 13.7. The highest BCUT2D eigenvalue weighted by Crippen LogP contribution is 2.32. The Kier molecular flexibility index (Phi) is 4.07. The maximum atomic E-state index is 5.10. The van der Waals surface area contributed by atoms with Gasteiger partial charge in [0.1, 0.15) is 12.1 Å². The molecule has 7 nitrogen and oxygen atoms in total. The fourth-order valence-corrected chi connectivity index (χ4v) is 3.98. The number of nitrogens with one attached hydrogen (secondary N) is 1. The SMILES string of the molecule is Cc1cccc2cc(C(C)Nc3ncnc4ccnn34)c(N3CCCC3)nc12. The molecule has 1 atom stereocenters. The molecule has 0 bridgehead atoms. The van der Waals surface area contributed by atoms with Crippen molar-refractivity contribution in [3.05, 3.63) is 54.0 Å². The van der Waals surface area contributed by atoms with Gasteiger partial charge in [0, 0.05) is 30.1 Å². The molecule has 0 amide bonds. The molecule has 7 heteroatoms. The molecule has 28 heavy (non-hydrogen) atoms. The zero-order valence-electron chi connectivity index (χ0n) is 16.1. The number of nitrogens with zero attached hydrogens (tertiary/aromatic N) is 6. The molecule has 5 rings (SSSR count). The van der Waals surface area contributed by atoms with Gasteiger partial charge < -0.3 is 10.2 Å². The number of aryl methyl sites for hydroxylation is 1. The minimum absolute atomic E-state index is 0.0234. The van der Waals surface area contributed by atoms with Gasteiger partial charge in [-0.3, -0.25) is 0 Å². The van der Waals surface area contributed by atoms with Crippen molar-refractivity contribution in [1.29, 1.82) is 0 Å². The van der Waals surface area contributed by atoms with E-state index in [1.807, 2.05) is 6.07 Å². The van der Waals surface area contributed by atoms with Gasteiger partial charge in [-0.25, -0.2) is 15.0 Å². The van der Waals surface area contributed by atoms with Gasteiger partial charge in [-0.2, -0.15) is 9.61 Å². The summed E-state index contributed by atoms with van der Waals surface area (Å²) in [5.74, 6) is 1.75. The van der Waals surface area contributed by atoms with Crippen molar-refractivity contribution in [2.24, 2.45) is 0 Å². The zero-order valence-corrected chi connectivity index (χ0v) is 16.1. The van der Waals surface area contributed by atoms with Gasteiger partial charge in [0.25, 0.3) is 0 Å². The van der Waals surface area contributed by atoms with E-state index >= 15 is 0 Å². The van der Waals surface area contributed by atoms with E-state index in [1.54, 1.807) is 17.0 Å². The molecule has 4 heterocycles. The zero-order chi connectivity index (χ0) is 19.1. The van der Waals surface area contributed by atoms with Crippen molar-refractivity contribution < 1.29 is 0 Å². The van der Waals surface area contributed by atoms with Crippen LogP contribution >= 0.6 is 0 Å². The number of anilines is 2. The Morgan fingerprint density at radius 3 is 2.82 bits per heavy atom. The first kappa shape index (κ1) is 16.9. The lowest BCUT2D eigenvalue weighted by Gasteiger charge is -2.25. The summed E-state index contributed by atoms with van der Waals surface area (Å²) in [6.07, 6.45) is 5.73. The van der Waals surface area contributed by atoms with Crippen molar-refractivity contribution in [2.75, 3.05) is 23.3 Å². The number of aromatic nitrogens is 5. The molecule has 0 aliphatic carbocycles. The molecule has 1 aliphatic rings. The summed E-state index contributed by atoms with van der Waals surface area (Å²) < 4.78 is 1.73. The van der Waals surface area contributed by atoms with E-state index in [-0.39, 0.29) is 6.04 Å². The molecule has 0 radical (unpaired) electrons. The van der Waals surface area contributed by atoms with Crippen LogP contribution in [0, 0.1) is 6.92 Å². The van der Waals surface area contributed by atoms with E-state index in [9.17, 15) is 0 Å². The third-order valence-corrected chi connectivity index (χ3v) is 5.47. The van der Waals surface area contributed by atoms with E-state index in [2.05, 4.69) is 63.4 Å². The summed E-state index contributed by atoms with van der Waals surface area (Å²) in [6.45, 7) is 6.39. The van der Waals surface area contributed by atoms with Crippen LogP contribution in [0.4, 0.5) is 11.8 Å². The van der Waals surface area contributed by atoms with Crippen LogP contribution in [-0.4, -0.2) is 37.7 Å². The minimum atomic E-state index is 0.0234. The van der Waals surface area contributed by atoms with Crippen molar-refractivity contribution in [2.45, 2.75) is 32.7 Å². The quantitative estimate of drug-likeness (QED) is 0.587. The maximum absolute atomic E-state index is 5.10. The number of hydrogen-bond acceptors (Lipinski definition) is 6. The summed E-state index contributed by atoms with van der Waals surface area (Å²) >= 11 is 0. The number of benzene rings is 1. The first-order valence-corrected chi connectivity index (χ1v) is 9.77. The first-order valence-electron chi connectivity index (χ1n) is 9.77. The van der Waals surface area contributed by atoms with Crippen molar-refractivity contribution >= 4 is 28.3 Å². The summed E-state index contributed by atoms with van der Waals surface area (Å²) in [7, 11) is 0. The molecule has 0 saturated carbocycles. The van der Waals surface area contributed by atoms with Crippen LogP contribution in [0.2, 0.25) is 0 Å². The number of hydrogen-bond donors (Lipinski definition) is 1. The molecule has 142 valence electrons. The van der Waals surface area contributed by atoms with Crippen LogP contribution in [0.25, 0.3) is 16.6 Å². The van der Waals surface area contributed by atoms with Crippen LogP contribution in [0.5, 0.6) is 0 Å². The lowest BCUT2D eigenvalue weighted by Crippen LogP contribution is -2.23. The number of fused-ring (bicyclic) bond motifs is 2. The highest BCUT2D eigenvalue weighted by molar-refractivity contribution is 5.85. The van der Waals surface area contributed by atoms with E-state index in [0.717, 1.165) is 30.1 Å². The summed E-state index contributed by atoms with van der Waals surface area (Å²) in [6, 6.07) is 10.5. The lowest BCUT2D eigenvalue weighted by molar-refractivity contribution is 0.801. The second kappa shape index (κ2) is 6.74. The predicted octanol–water partition coefficient (Wildman–Crippen LogP) is 3.75. The average molecular weight is 373 g/mol. The fourth-order valence-electron chi connectivity index (χ4n) is 3.98. The molecule has 1 unspecified atom stereocenters. The lowest BCUT2D eigenvalue weighted by atomic mass is 10.0. The standard InChI is InChI=1S/C21H23N7/c1-14-6-5-7-16-12-17(20(26-19(14)16)27-10-3-4-11-27)15(2)25-21-23-13-22-18-8-9-24-28(18)21/h5-9,12-13,15H,3-4,10-11H2,1-2H3,(H,22,23,25). The van der Waals surface area contributed by atoms with Gasteiger partial charge in [0.05, 0.1) is 17.8 Å². The fraction of sp³-hybridized carbons (Fsp3) is 0.333. The topological polar surface area (TPSA) is 71.2 Å². The van der Waals surface area contributed by atoms with Gasteiger partial charge in [-0.15, -0.1) is 0 Å². The van der Waals surface area contributed by atoms with E-state index in [4.69, 9.17) is 4.98 Å². The molecule has 3 aromatic heterocycles. The molecule has 0 spiro atoms. The average Bonchev–Trinajstić information content (AvgIpc) is 3.40. The maximum Gasteiger partial charge on any atom is 0.227 e. The smallest absolute Gasteiger partial charge is 0.227 e. The Balaban J connectivity index is 1.60. The van der Waals surface area contributed by atoms with Crippen LogP contribution in [0.15, 0.2) is 42.9 Å². The largest absolute Gasteiger partial charge is 0.356 e. The van der Waals surface area contributed by atoms with Crippen molar-refractivity contribution in [3.8, 4) is 0 Å². The van der Waals surface area contributed by atoms with Gasteiger partial charge in [-0.1, -0.05) is 18.2 Å². The highest BCUT2D eigenvalue weighted by atomic mass is 15.3. The molecular weight excluding hydrogens is 350 g/mol. The number of pyridine rings is 1. The molecule has 1 fully saturated rings. The second-order valence-electron chi connectivity index (χ2n) is 7.41. The number of para-hydroxylation sites is 1. The molecule has 1 aromatic carbocycles. The Morgan fingerprint density at radius 1 is 1.11 bits per heavy atom. The van der Waals surface area contributed by atoms with Crippen LogP contribution in [0.3, 0.4) is 0 Å². The van der Waals surface area contributed by atoms with Gasteiger partial charge >= 0.3 is 0 Å². The summed E-state index contributed by atoms with van der Waals surface area (Å²) in [5, 5.41) is 9.01.